The Labute approximate surface area is 192 Å². The van der Waals surface area contributed by atoms with E-state index >= 15 is 0 Å². The maximum atomic E-state index is 12.1. The highest BCUT2D eigenvalue weighted by molar-refractivity contribution is 7.85. The standard InChI is InChI=1S/C24H36N2O5S/c1-17(11-12-20-19(3)10-7-14-24(20,4)5)8-6-9-18(2)16-22(27)26-21(23(25)28)13-15-32(29,30)31/h6,8-9,11-12,16,21H,7,10,13-15H2,1-5H3,(H2,25,28)(H,26,27)(H,29,30,31)/b9-6+,12-11+,17-8+,18-16+. The van der Waals surface area contributed by atoms with Gasteiger partial charge in [-0.2, -0.15) is 8.42 Å². The lowest BCUT2D eigenvalue weighted by Gasteiger charge is -2.32. The number of primary amides is 1. The SMILES string of the molecule is CC1=C(/C=C/C(C)=C/C=C/C(C)=C/C(=O)NC(CCS(=O)(=O)O)C(N)=O)C(C)(C)CCC1. The lowest BCUT2D eigenvalue weighted by atomic mass is 9.72. The van der Waals surface area contributed by atoms with Gasteiger partial charge in [0.25, 0.3) is 10.1 Å². The molecule has 8 heteroatoms. The molecule has 0 spiro atoms. The van der Waals surface area contributed by atoms with Crippen LogP contribution >= 0.6 is 0 Å². The van der Waals surface area contributed by atoms with Gasteiger partial charge >= 0.3 is 0 Å². The molecule has 0 bridgehead atoms. The molecule has 32 heavy (non-hydrogen) atoms. The molecule has 1 rings (SSSR count). The molecule has 0 radical (unpaired) electrons. The molecule has 0 aromatic rings. The van der Waals surface area contributed by atoms with Crippen LogP contribution in [0.15, 0.2) is 58.7 Å². The minimum absolute atomic E-state index is 0.186. The van der Waals surface area contributed by atoms with Crippen molar-refractivity contribution in [1.82, 2.24) is 5.32 Å². The first kappa shape index (κ1) is 27.6. The van der Waals surface area contributed by atoms with Crippen molar-refractivity contribution in [3.63, 3.8) is 0 Å². The molecule has 4 N–H and O–H groups in total. The fourth-order valence-corrected chi connectivity index (χ4v) is 4.19. The number of amides is 2. The molecular weight excluding hydrogens is 428 g/mol. The number of allylic oxidation sites excluding steroid dienone is 9. The van der Waals surface area contributed by atoms with Crippen LogP contribution in [0.4, 0.5) is 0 Å². The normalized spacial score (nSPS) is 18.9. The van der Waals surface area contributed by atoms with Crippen molar-refractivity contribution in [2.24, 2.45) is 11.1 Å². The van der Waals surface area contributed by atoms with E-state index in [4.69, 9.17) is 10.3 Å². The quantitative estimate of drug-likeness (QED) is 0.258. The monoisotopic (exact) mass is 464 g/mol. The van der Waals surface area contributed by atoms with Crippen molar-refractivity contribution >= 4 is 21.9 Å². The van der Waals surface area contributed by atoms with Gasteiger partial charge in [-0.05, 0) is 63.0 Å². The molecule has 2 amide bonds. The fourth-order valence-electron chi connectivity index (χ4n) is 3.65. The van der Waals surface area contributed by atoms with Gasteiger partial charge in [-0.1, -0.05) is 55.4 Å². The number of hydrogen-bond donors (Lipinski definition) is 3. The van der Waals surface area contributed by atoms with Gasteiger partial charge in [-0.25, -0.2) is 0 Å². The van der Waals surface area contributed by atoms with Gasteiger partial charge in [0, 0.05) is 6.08 Å². The van der Waals surface area contributed by atoms with E-state index in [1.807, 2.05) is 19.1 Å². The zero-order valence-corrected chi connectivity index (χ0v) is 20.5. The highest BCUT2D eigenvalue weighted by Gasteiger charge is 2.26. The van der Waals surface area contributed by atoms with Gasteiger partial charge in [0.1, 0.15) is 6.04 Å². The molecule has 0 saturated carbocycles. The van der Waals surface area contributed by atoms with Crippen molar-refractivity contribution in [2.75, 3.05) is 5.75 Å². The molecule has 178 valence electrons. The molecule has 7 nitrogen and oxygen atoms in total. The first-order valence-corrected chi connectivity index (χ1v) is 12.3. The van der Waals surface area contributed by atoms with Gasteiger partial charge in [-0.3, -0.25) is 14.1 Å². The summed E-state index contributed by atoms with van der Waals surface area (Å²) in [6, 6.07) is -1.19. The van der Waals surface area contributed by atoms with Crippen molar-refractivity contribution < 1.29 is 22.6 Å². The summed E-state index contributed by atoms with van der Waals surface area (Å²) in [5.41, 5.74) is 9.91. The third-order valence-corrected chi connectivity index (χ3v) is 6.21. The van der Waals surface area contributed by atoms with Crippen LogP contribution in [0.25, 0.3) is 0 Å². The second-order valence-corrected chi connectivity index (χ2v) is 10.5. The van der Waals surface area contributed by atoms with Crippen LogP contribution in [0.3, 0.4) is 0 Å². The maximum Gasteiger partial charge on any atom is 0.264 e. The number of nitrogens with one attached hydrogen (secondary N) is 1. The number of rotatable bonds is 10. The molecule has 1 atom stereocenters. The Morgan fingerprint density at radius 1 is 1.22 bits per heavy atom. The number of nitrogens with two attached hydrogens (primary N) is 1. The first-order valence-electron chi connectivity index (χ1n) is 10.7. The van der Waals surface area contributed by atoms with Crippen molar-refractivity contribution in [2.45, 2.75) is 66.3 Å². The predicted molar refractivity (Wildman–Crippen MR) is 128 cm³/mol. The summed E-state index contributed by atoms with van der Waals surface area (Å²) in [5.74, 6) is -2.12. The van der Waals surface area contributed by atoms with E-state index in [1.165, 1.54) is 30.1 Å². The Morgan fingerprint density at radius 2 is 1.88 bits per heavy atom. The molecule has 0 aromatic heterocycles. The van der Waals surface area contributed by atoms with E-state index in [0.717, 1.165) is 12.0 Å². The van der Waals surface area contributed by atoms with Gasteiger partial charge < -0.3 is 11.1 Å². The number of carbonyl (C=O) groups excluding carboxylic acids is 2. The third kappa shape index (κ3) is 10.2. The van der Waals surface area contributed by atoms with E-state index in [1.54, 1.807) is 13.0 Å². The Balaban J connectivity index is 2.74. The van der Waals surface area contributed by atoms with E-state index in [0.29, 0.717) is 5.57 Å². The van der Waals surface area contributed by atoms with Gasteiger partial charge in [0.15, 0.2) is 0 Å². The van der Waals surface area contributed by atoms with Crippen molar-refractivity contribution in [1.29, 1.82) is 0 Å². The van der Waals surface area contributed by atoms with Crippen LogP contribution in [0.2, 0.25) is 0 Å². The summed E-state index contributed by atoms with van der Waals surface area (Å²) in [4.78, 5) is 23.5. The Hall–Kier alpha value is -2.45. The Bertz CT molecular complexity index is 966. The summed E-state index contributed by atoms with van der Waals surface area (Å²) >= 11 is 0. The Kier molecular flexibility index (Phi) is 10.3. The first-order chi connectivity index (χ1) is 14.7. The summed E-state index contributed by atoms with van der Waals surface area (Å²) in [6.45, 7) is 10.5. The molecule has 0 saturated heterocycles. The topological polar surface area (TPSA) is 127 Å². The van der Waals surface area contributed by atoms with Crippen LogP contribution in [0, 0.1) is 5.41 Å². The molecule has 1 aliphatic rings. The van der Waals surface area contributed by atoms with Crippen molar-refractivity contribution in [3.8, 4) is 0 Å². The summed E-state index contributed by atoms with van der Waals surface area (Å²) < 4.78 is 30.5. The van der Waals surface area contributed by atoms with Crippen molar-refractivity contribution in [3.05, 3.63) is 58.7 Å². The van der Waals surface area contributed by atoms with E-state index in [-0.39, 0.29) is 11.8 Å². The van der Waals surface area contributed by atoms with Crippen LogP contribution in [0.1, 0.15) is 60.3 Å². The minimum atomic E-state index is -4.25. The molecule has 1 aliphatic carbocycles. The van der Waals surface area contributed by atoms with Crippen LogP contribution < -0.4 is 11.1 Å². The molecule has 0 fully saturated rings. The highest BCUT2D eigenvalue weighted by atomic mass is 32.2. The van der Waals surface area contributed by atoms with Gasteiger partial charge in [0.2, 0.25) is 11.8 Å². The minimum Gasteiger partial charge on any atom is -0.368 e. The molecule has 1 unspecified atom stereocenters. The highest BCUT2D eigenvalue weighted by Crippen LogP contribution is 2.40. The lowest BCUT2D eigenvalue weighted by molar-refractivity contribution is -0.125. The zero-order chi connectivity index (χ0) is 24.5. The summed E-state index contributed by atoms with van der Waals surface area (Å²) in [7, 11) is -4.25. The van der Waals surface area contributed by atoms with Crippen LogP contribution in [-0.2, 0) is 19.7 Å². The van der Waals surface area contributed by atoms with Gasteiger partial charge in [0.05, 0.1) is 5.75 Å². The van der Waals surface area contributed by atoms with E-state index in [2.05, 4.69) is 38.2 Å². The van der Waals surface area contributed by atoms with Crippen LogP contribution in [-0.4, -0.2) is 36.6 Å². The molecule has 0 heterocycles. The predicted octanol–water partition coefficient (Wildman–Crippen LogP) is 3.77. The second-order valence-electron chi connectivity index (χ2n) is 8.96. The third-order valence-electron chi connectivity index (χ3n) is 5.46. The average Bonchev–Trinajstić information content (AvgIpc) is 2.63. The molecular formula is C24H36N2O5S. The largest absolute Gasteiger partial charge is 0.368 e. The molecule has 0 aliphatic heterocycles. The summed E-state index contributed by atoms with van der Waals surface area (Å²) in [6.07, 6.45) is 14.4. The lowest BCUT2D eigenvalue weighted by Crippen LogP contribution is -2.44. The smallest absolute Gasteiger partial charge is 0.264 e. The average molecular weight is 465 g/mol. The van der Waals surface area contributed by atoms with E-state index in [9.17, 15) is 18.0 Å². The number of carbonyl (C=O) groups is 2. The van der Waals surface area contributed by atoms with E-state index < -0.39 is 33.7 Å². The maximum absolute atomic E-state index is 12.1. The number of hydrogen-bond acceptors (Lipinski definition) is 4. The fraction of sp³-hybridized carbons (Fsp3) is 0.500. The second kappa shape index (κ2) is 12.0. The summed E-state index contributed by atoms with van der Waals surface area (Å²) in [5, 5.41) is 2.36. The Morgan fingerprint density at radius 3 is 2.44 bits per heavy atom. The molecule has 0 aromatic carbocycles. The zero-order valence-electron chi connectivity index (χ0n) is 19.6. The van der Waals surface area contributed by atoms with Gasteiger partial charge in [-0.15, -0.1) is 0 Å². The van der Waals surface area contributed by atoms with Crippen LogP contribution in [0.5, 0.6) is 0 Å².